The van der Waals surface area contributed by atoms with Crippen molar-refractivity contribution in [3.05, 3.63) is 72.1 Å². The highest BCUT2D eigenvalue weighted by atomic mass is 15.4. The quantitative estimate of drug-likeness (QED) is 0.441. The Bertz CT molecular complexity index is 1040. The fourth-order valence-corrected chi connectivity index (χ4v) is 2.72. The van der Waals surface area contributed by atoms with Crippen LogP contribution < -0.4 is 5.43 Å². The van der Waals surface area contributed by atoms with E-state index in [4.69, 9.17) is 0 Å². The number of fused-ring (bicyclic) bond motifs is 1. The number of aromatic nitrogens is 4. The molecule has 0 aliphatic carbocycles. The number of rotatable bonds is 4. The van der Waals surface area contributed by atoms with Crippen LogP contribution in [0.2, 0.25) is 0 Å². The average Bonchev–Trinajstić information content (AvgIpc) is 2.98. The maximum atomic E-state index is 4.44. The third kappa shape index (κ3) is 3.10. The Labute approximate surface area is 144 Å². The van der Waals surface area contributed by atoms with Gasteiger partial charge in [0.15, 0.2) is 0 Å². The number of aromatic amines is 1. The Kier molecular flexibility index (Phi) is 3.92. The van der Waals surface area contributed by atoms with Gasteiger partial charge in [0.25, 0.3) is 5.95 Å². The number of benzene rings is 2. The third-order valence-corrected chi connectivity index (χ3v) is 3.93. The molecular weight excluding hydrogens is 312 g/mol. The molecule has 2 aromatic carbocycles. The van der Waals surface area contributed by atoms with Gasteiger partial charge in [0.2, 0.25) is 0 Å². The molecule has 0 saturated heterocycles. The van der Waals surface area contributed by atoms with Crippen LogP contribution in [0.5, 0.6) is 0 Å². The molecule has 0 aliphatic heterocycles. The summed E-state index contributed by atoms with van der Waals surface area (Å²) in [5, 5.41) is 13.4. The number of hydrogen-bond donors (Lipinski definition) is 2. The molecule has 2 heterocycles. The normalized spacial score (nSPS) is 11.2. The van der Waals surface area contributed by atoms with Crippen molar-refractivity contribution in [2.75, 3.05) is 5.43 Å². The van der Waals surface area contributed by atoms with Crippen molar-refractivity contribution >= 4 is 23.1 Å². The maximum absolute atomic E-state index is 4.44. The van der Waals surface area contributed by atoms with E-state index in [-0.39, 0.29) is 0 Å². The first-order chi connectivity index (χ1) is 12.3. The SMILES string of the molecule is Cc1[nH]c2ccccc2c1/C=N/Nc1nncc(-c2ccccc2)n1. The Morgan fingerprint density at radius 1 is 1.04 bits per heavy atom. The van der Waals surface area contributed by atoms with Gasteiger partial charge in [-0.25, -0.2) is 10.4 Å². The minimum absolute atomic E-state index is 0.357. The van der Waals surface area contributed by atoms with Crippen molar-refractivity contribution in [3.63, 3.8) is 0 Å². The van der Waals surface area contributed by atoms with Gasteiger partial charge in [0, 0.05) is 27.7 Å². The first-order valence-electron chi connectivity index (χ1n) is 7.93. The highest BCUT2D eigenvalue weighted by molar-refractivity contribution is 6.00. The number of anilines is 1. The second-order valence-electron chi connectivity index (χ2n) is 5.61. The molecule has 0 unspecified atom stereocenters. The van der Waals surface area contributed by atoms with Crippen molar-refractivity contribution in [1.29, 1.82) is 0 Å². The second kappa shape index (κ2) is 6.52. The lowest BCUT2D eigenvalue weighted by atomic mass is 10.1. The zero-order valence-corrected chi connectivity index (χ0v) is 13.6. The van der Waals surface area contributed by atoms with E-state index < -0.39 is 0 Å². The molecule has 122 valence electrons. The van der Waals surface area contributed by atoms with Crippen molar-refractivity contribution in [2.45, 2.75) is 6.92 Å². The van der Waals surface area contributed by atoms with Crippen LogP contribution in [-0.4, -0.2) is 26.4 Å². The summed E-state index contributed by atoms with van der Waals surface area (Å²) < 4.78 is 0. The fourth-order valence-electron chi connectivity index (χ4n) is 2.72. The van der Waals surface area contributed by atoms with E-state index in [0.29, 0.717) is 5.95 Å². The van der Waals surface area contributed by atoms with E-state index in [1.165, 1.54) is 0 Å². The summed E-state index contributed by atoms with van der Waals surface area (Å²) in [7, 11) is 0. The molecule has 4 aromatic rings. The Hall–Kier alpha value is -3.54. The fraction of sp³-hybridized carbons (Fsp3) is 0.0526. The van der Waals surface area contributed by atoms with E-state index in [0.717, 1.165) is 33.4 Å². The first-order valence-corrected chi connectivity index (χ1v) is 7.93. The molecule has 0 amide bonds. The summed E-state index contributed by atoms with van der Waals surface area (Å²) >= 11 is 0. The summed E-state index contributed by atoms with van der Waals surface area (Å²) in [6.07, 6.45) is 3.40. The second-order valence-corrected chi connectivity index (χ2v) is 5.61. The van der Waals surface area contributed by atoms with Crippen LogP contribution in [0, 0.1) is 6.92 Å². The Morgan fingerprint density at radius 2 is 1.84 bits per heavy atom. The van der Waals surface area contributed by atoms with E-state index >= 15 is 0 Å². The monoisotopic (exact) mass is 328 g/mol. The summed E-state index contributed by atoms with van der Waals surface area (Å²) in [6, 6.07) is 18.0. The third-order valence-electron chi connectivity index (χ3n) is 3.93. The molecule has 0 fully saturated rings. The maximum Gasteiger partial charge on any atom is 0.263 e. The lowest BCUT2D eigenvalue weighted by molar-refractivity contribution is 0.967. The number of hydrazone groups is 1. The van der Waals surface area contributed by atoms with Crippen LogP contribution in [0.1, 0.15) is 11.3 Å². The number of para-hydroxylation sites is 1. The smallest absolute Gasteiger partial charge is 0.263 e. The van der Waals surface area contributed by atoms with Gasteiger partial charge in [0.05, 0.1) is 18.1 Å². The molecule has 2 aromatic heterocycles. The number of aryl methyl sites for hydroxylation is 1. The topological polar surface area (TPSA) is 78.9 Å². The lowest BCUT2D eigenvalue weighted by Gasteiger charge is -2.02. The van der Waals surface area contributed by atoms with Gasteiger partial charge in [-0.05, 0) is 13.0 Å². The van der Waals surface area contributed by atoms with Crippen LogP contribution in [0.4, 0.5) is 5.95 Å². The molecule has 6 heteroatoms. The van der Waals surface area contributed by atoms with E-state index in [1.807, 2.05) is 55.5 Å². The largest absolute Gasteiger partial charge is 0.358 e. The number of H-pyrrole nitrogens is 1. The molecular formula is C19H16N6. The standard InChI is InChI=1S/C19H16N6/c1-13-16(15-9-5-6-10-17(15)22-13)11-20-24-19-23-18(12-21-25-19)14-7-3-2-4-8-14/h2-12,22H,1H3,(H,23,24,25)/b20-11+. The highest BCUT2D eigenvalue weighted by Gasteiger charge is 2.06. The van der Waals surface area contributed by atoms with Crippen LogP contribution in [0.25, 0.3) is 22.2 Å². The van der Waals surface area contributed by atoms with Gasteiger partial charge in [-0.3, -0.25) is 0 Å². The van der Waals surface area contributed by atoms with Gasteiger partial charge in [0.1, 0.15) is 0 Å². The molecule has 25 heavy (non-hydrogen) atoms. The number of nitrogens with zero attached hydrogens (tertiary/aromatic N) is 4. The predicted molar refractivity (Wildman–Crippen MR) is 99.5 cm³/mol. The molecule has 0 bridgehead atoms. The highest BCUT2D eigenvalue weighted by Crippen LogP contribution is 2.20. The first kappa shape index (κ1) is 15.0. The minimum Gasteiger partial charge on any atom is -0.358 e. The Balaban J connectivity index is 1.57. The zero-order chi connectivity index (χ0) is 17.1. The minimum atomic E-state index is 0.357. The van der Waals surface area contributed by atoms with Crippen LogP contribution >= 0.6 is 0 Å². The average molecular weight is 328 g/mol. The predicted octanol–water partition coefficient (Wildman–Crippen LogP) is 3.77. The van der Waals surface area contributed by atoms with E-state index in [9.17, 15) is 0 Å². The van der Waals surface area contributed by atoms with Crippen molar-refractivity contribution in [3.8, 4) is 11.3 Å². The molecule has 0 spiro atoms. The molecule has 2 N–H and O–H groups in total. The Morgan fingerprint density at radius 3 is 2.72 bits per heavy atom. The van der Waals surface area contributed by atoms with E-state index in [2.05, 4.69) is 36.8 Å². The van der Waals surface area contributed by atoms with Crippen LogP contribution in [-0.2, 0) is 0 Å². The zero-order valence-electron chi connectivity index (χ0n) is 13.6. The van der Waals surface area contributed by atoms with Crippen LogP contribution in [0.15, 0.2) is 65.9 Å². The molecule has 0 aliphatic rings. The lowest BCUT2D eigenvalue weighted by Crippen LogP contribution is -2.00. The van der Waals surface area contributed by atoms with Gasteiger partial charge in [-0.1, -0.05) is 48.5 Å². The summed E-state index contributed by atoms with van der Waals surface area (Å²) in [5.74, 6) is 0.357. The number of hydrogen-bond acceptors (Lipinski definition) is 5. The van der Waals surface area contributed by atoms with Gasteiger partial charge >= 0.3 is 0 Å². The summed E-state index contributed by atoms with van der Waals surface area (Å²) in [5.41, 5.74) is 7.77. The molecule has 0 atom stereocenters. The molecule has 0 saturated carbocycles. The molecule has 6 nitrogen and oxygen atoms in total. The van der Waals surface area contributed by atoms with Gasteiger partial charge in [-0.15, -0.1) is 5.10 Å². The van der Waals surface area contributed by atoms with Gasteiger partial charge in [-0.2, -0.15) is 10.2 Å². The molecule has 0 radical (unpaired) electrons. The van der Waals surface area contributed by atoms with Crippen molar-refractivity contribution in [1.82, 2.24) is 20.2 Å². The van der Waals surface area contributed by atoms with E-state index in [1.54, 1.807) is 12.4 Å². The van der Waals surface area contributed by atoms with Crippen molar-refractivity contribution in [2.24, 2.45) is 5.10 Å². The van der Waals surface area contributed by atoms with Gasteiger partial charge < -0.3 is 4.98 Å². The number of nitrogens with one attached hydrogen (secondary N) is 2. The summed E-state index contributed by atoms with van der Waals surface area (Å²) in [4.78, 5) is 7.78. The van der Waals surface area contributed by atoms with Crippen molar-refractivity contribution < 1.29 is 0 Å². The molecule has 4 rings (SSSR count). The van der Waals surface area contributed by atoms with Crippen LogP contribution in [0.3, 0.4) is 0 Å². The summed E-state index contributed by atoms with van der Waals surface area (Å²) in [6.45, 7) is 2.02.